The monoisotopic (exact) mass is 319 g/mol. The first-order chi connectivity index (χ1) is 10.6. The molecular formula is C16H21N3O2S. The van der Waals surface area contributed by atoms with E-state index < -0.39 is 10.0 Å². The smallest absolute Gasteiger partial charge is 0.216 e. The van der Waals surface area contributed by atoms with Gasteiger partial charge in [-0.25, -0.2) is 13.1 Å². The molecule has 3 N–H and O–H groups in total. The first-order valence-corrected chi connectivity index (χ1v) is 9.27. The summed E-state index contributed by atoms with van der Waals surface area (Å²) in [6.45, 7) is 0.531. The van der Waals surface area contributed by atoms with Crippen molar-refractivity contribution >= 4 is 20.9 Å². The molecule has 22 heavy (non-hydrogen) atoms. The van der Waals surface area contributed by atoms with Gasteiger partial charge in [-0.1, -0.05) is 30.7 Å². The maximum Gasteiger partial charge on any atom is 0.216 e. The molecule has 0 aliphatic heterocycles. The molecule has 2 aromatic rings. The van der Waals surface area contributed by atoms with Gasteiger partial charge in [0.05, 0.1) is 11.3 Å². The normalized spacial score (nSPS) is 22.2. The van der Waals surface area contributed by atoms with Crippen molar-refractivity contribution < 1.29 is 8.42 Å². The zero-order valence-electron chi connectivity index (χ0n) is 12.4. The summed E-state index contributed by atoms with van der Waals surface area (Å²) in [7, 11) is -3.40. The van der Waals surface area contributed by atoms with Crippen LogP contribution in [-0.4, -0.2) is 26.0 Å². The first-order valence-electron chi connectivity index (χ1n) is 7.62. The average Bonchev–Trinajstić information content (AvgIpc) is 2.93. The van der Waals surface area contributed by atoms with Gasteiger partial charge in [-0.15, -0.1) is 0 Å². The molecule has 5 nitrogen and oxygen atoms in total. The highest BCUT2D eigenvalue weighted by molar-refractivity contribution is 7.88. The Morgan fingerprint density at radius 1 is 1.23 bits per heavy atom. The number of nitrogens with two attached hydrogens (primary N) is 1. The number of sulfonamides is 1. The summed E-state index contributed by atoms with van der Waals surface area (Å²) < 4.78 is 27.8. The summed E-state index contributed by atoms with van der Waals surface area (Å²) in [6, 6.07) is 9.39. The molecule has 6 heteroatoms. The first kappa shape index (κ1) is 15.4. The van der Waals surface area contributed by atoms with Crippen molar-refractivity contribution in [2.45, 2.75) is 31.1 Å². The zero-order valence-corrected chi connectivity index (χ0v) is 13.2. The third kappa shape index (κ3) is 3.29. The molecule has 1 saturated carbocycles. The number of para-hydroxylation sites is 1. The van der Waals surface area contributed by atoms with Crippen molar-refractivity contribution in [1.82, 2.24) is 9.71 Å². The van der Waals surface area contributed by atoms with Crippen LogP contribution in [-0.2, 0) is 15.8 Å². The SMILES string of the molecule is NCC1CCCC1NS(=O)(=O)Cc1cccc2cccnc12. The molecule has 1 aliphatic carbocycles. The second-order valence-corrected chi connectivity index (χ2v) is 7.66. The number of hydrogen-bond acceptors (Lipinski definition) is 4. The fourth-order valence-corrected chi connectivity index (χ4v) is 4.73. The lowest BCUT2D eigenvalue weighted by Crippen LogP contribution is -2.40. The Balaban J connectivity index is 1.81. The lowest BCUT2D eigenvalue weighted by Gasteiger charge is -2.19. The van der Waals surface area contributed by atoms with Crippen molar-refractivity contribution in [3.8, 4) is 0 Å². The molecule has 0 radical (unpaired) electrons. The Labute approximate surface area is 131 Å². The largest absolute Gasteiger partial charge is 0.330 e. The van der Waals surface area contributed by atoms with Crippen LogP contribution in [0.5, 0.6) is 0 Å². The second kappa shape index (κ2) is 6.32. The molecule has 0 spiro atoms. The molecule has 1 fully saturated rings. The number of nitrogens with zero attached hydrogens (tertiary/aromatic N) is 1. The number of benzene rings is 1. The van der Waals surface area contributed by atoms with Gasteiger partial charge in [0, 0.05) is 17.6 Å². The standard InChI is InChI=1S/C16H21N3O2S/c17-10-13-5-2-8-15(13)19-22(20,21)11-14-6-1-4-12-7-3-9-18-16(12)14/h1,3-4,6-7,9,13,15,19H,2,5,8,10-11,17H2. The van der Waals surface area contributed by atoms with Gasteiger partial charge in [-0.2, -0.15) is 0 Å². The molecule has 0 saturated heterocycles. The van der Waals surface area contributed by atoms with Gasteiger partial charge >= 0.3 is 0 Å². The van der Waals surface area contributed by atoms with E-state index in [9.17, 15) is 8.42 Å². The summed E-state index contributed by atoms with van der Waals surface area (Å²) in [4.78, 5) is 4.32. The van der Waals surface area contributed by atoms with E-state index in [1.807, 2.05) is 30.3 Å². The lowest BCUT2D eigenvalue weighted by molar-refractivity contribution is 0.452. The maximum atomic E-state index is 12.5. The van der Waals surface area contributed by atoms with Crippen LogP contribution in [0, 0.1) is 5.92 Å². The molecule has 1 aliphatic rings. The fraction of sp³-hybridized carbons (Fsp3) is 0.438. The van der Waals surface area contributed by atoms with E-state index in [1.165, 1.54) is 0 Å². The highest BCUT2D eigenvalue weighted by atomic mass is 32.2. The van der Waals surface area contributed by atoms with Crippen LogP contribution in [0.25, 0.3) is 10.9 Å². The van der Waals surface area contributed by atoms with Crippen LogP contribution in [0.1, 0.15) is 24.8 Å². The molecule has 0 bridgehead atoms. The number of rotatable bonds is 5. The van der Waals surface area contributed by atoms with Crippen LogP contribution in [0.4, 0.5) is 0 Å². The van der Waals surface area contributed by atoms with E-state index in [-0.39, 0.29) is 17.7 Å². The number of nitrogens with one attached hydrogen (secondary N) is 1. The predicted molar refractivity (Wildman–Crippen MR) is 87.7 cm³/mol. The van der Waals surface area contributed by atoms with Gasteiger partial charge in [0.2, 0.25) is 10.0 Å². The minimum Gasteiger partial charge on any atom is -0.330 e. The highest BCUT2D eigenvalue weighted by Gasteiger charge is 2.29. The van der Waals surface area contributed by atoms with Crippen LogP contribution >= 0.6 is 0 Å². The van der Waals surface area contributed by atoms with E-state index in [1.54, 1.807) is 6.20 Å². The minimum absolute atomic E-state index is 0.0297. The van der Waals surface area contributed by atoms with Gasteiger partial charge in [0.15, 0.2) is 0 Å². The molecule has 1 aromatic carbocycles. The van der Waals surface area contributed by atoms with Crippen molar-refractivity contribution in [1.29, 1.82) is 0 Å². The quantitative estimate of drug-likeness (QED) is 0.880. The Morgan fingerprint density at radius 3 is 2.86 bits per heavy atom. The molecule has 2 unspecified atom stereocenters. The number of aromatic nitrogens is 1. The number of hydrogen-bond donors (Lipinski definition) is 2. The minimum atomic E-state index is -3.40. The third-order valence-corrected chi connectivity index (χ3v) is 5.71. The third-order valence-electron chi connectivity index (χ3n) is 4.35. The summed E-state index contributed by atoms with van der Waals surface area (Å²) >= 11 is 0. The molecule has 3 rings (SSSR count). The predicted octanol–water partition coefficient (Wildman–Crippen LogP) is 1.78. The van der Waals surface area contributed by atoms with E-state index in [2.05, 4.69) is 9.71 Å². The van der Waals surface area contributed by atoms with E-state index in [0.717, 1.165) is 35.7 Å². The van der Waals surface area contributed by atoms with Crippen LogP contribution in [0.3, 0.4) is 0 Å². The Morgan fingerprint density at radius 2 is 2.05 bits per heavy atom. The molecular weight excluding hydrogens is 298 g/mol. The van der Waals surface area contributed by atoms with Crippen LogP contribution in [0.15, 0.2) is 36.5 Å². The molecule has 1 heterocycles. The van der Waals surface area contributed by atoms with E-state index >= 15 is 0 Å². The fourth-order valence-electron chi connectivity index (χ4n) is 3.24. The molecule has 118 valence electrons. The summed E-state index contributed by atoms with van der Waals surface area (Å²) in [5, 5.41) is 0.955. The van der Waals surface area contributed by atoms with Crippen LogP contribution < -0.4 is 10.5 Å². The summed E-state index contributed by atoms with van der Waals surface area (Å²) in [6.07, 6.45) is 4.59. The average molecular weight is 319 g/mol. The molecule has 0 amide bonds. The van der Waals surface area contributed by atoms with Crippen LogP contribution in [0.2, 0.25) is 0 Å². The van der Waals surface area contributed by atoms with E-state index in [4.69, 9.17) is 5.73 Å². The second-order valence-electron chi connectivity index (χ2n) is 5.90. The van der Waals surface area contributed by atoms with Crippen molar-refractivity contribution in [3.05, 3.63) is 42.1 Å². The van der Waals surface area contributed by atoms with Gasteiger partial charge in [0.25, 0.3) is 0 Å². The van der Waals surface area contributed by atoms with Gasteiger partial charge in [0.1, 0.15) is 0 Å². The lowest BCUT2D eigenvalue weighted by atomic mass is 10.1. The molecule has 1 aromatic heterocycles. The summed E-state index contributed by atoms with van der Waals surface area (Å²) in [5.41, 5.74) is 7.20. The maximum absolute atomic E-state index is 12.5. The molecule has 2 atom stereocenters. The van der Waals surface area contributed by atoms with Gasteiger partial charge in [-0.05, 0) is 36.9 Å². The van der Waals surface area contributed by atoms with Crippen molar-refractivity contribution in [3.63, 3.8) is 0 Å². The van der Waals surface area contributed by atoms with E-state index in [0.29, 0.717) is 6.54 Å². The van der Waals surface area contributed by atoms with Gasteiger partial charge < -0.3 is 5.73 Å². The van der Waals surface area contributed by atoms with Gasteiger partial charge in [-0.3, -0.25) is 4.98 Å². The number of fused-ring (bicyclic) bond motifs is 1. The zero-order chi connectivity index (χ0) is 15.6. The number of pyridine rings is 1. The summed E-state index contributed by atoms with van der Waals surface area (Å²) in [5.74, 6) is 0.204. The highest BCUT2D eigenvalue weighted by Crippen LogP contribution is 2.26. The Hall–Kier alpha value is -1.50. The topological polar surface area (TPSA) is 85.1 Å². The Bertz CT molecular complexity index is 756. The van der Waals surface area contributed by atoms with Crippen molar-refractivity contribution in [2.24, 2.45) is 11.7 Å². The van der Waals surface area contributed by atoms with Crippen molar-refractivity contribution in [2.75, 3.05) is 6.54 Å². The Kier molecular flexibility index (Phi) is 4.42.